The van der Waals surface area contributed by atoms with E-state index in [1.54, 1.807) is 43.3 Å². The number of aromatic nitrogens is 1. The minimum atomic E-state index is -4.71. The molecule has 3 aromatic carbocycles. The molecule has 0 unspecified atom stereocenters. The number of benzene rings is 3. The molecular weight excluding hydrogens is 514 g/mol. The second kappa shape index (κ2) is 10.0. The van der Waals surface area contributed by atoms with Crippen LogP contribution in [0.1, 0.15) is 26.5 Å². The maximum Gasteiger partial charge on any atom is 0.416 e. The number of rotatable bonds is 5. The van der Waals surface area contributed by atoms with Crippen LogP contribution in [0.2, 0.25) is 0 Å². The molecule has 0 saturated carbocycles. The molecule has 0 spiro atoms. The Labute approximate surface area is 224 Å². The van der Waals surface area contributed by atoms with Crippen LogP contribution in [0.4, 0.5) is 50.8 Å². The minimum absolute atomic E-state index is 0.171. The smallest absolute Gasteiger partial charge is 0.362 e. The Morgan fingerprint density at radius 1 is 1.00 bits per heavy atom. The molecule has 3 amide bonds. The van der Waals surface area contributed by atoms with Gasteiger partial charge in [-0.2, -0.15) is 13.2 Å². The van der Waals surface area contributed by atoms with Gasteiger partial charge < -0.3 is 26.3 Å². The third kappa shape index (κ3) is 5.61. The van der Waals surface area contributed by atoms with Crippen molar-refractivity contribution in [2.24, 2.45) is 0 Å². The summed E-state index contributed by atoms with van der Waals surface area (Å²) in [5.74, 6) is -1.44. The van der Waals surface area contributed by atoms with Crippen molar-refractivity contribution in [3.8, 4) is 0 Å². The van der Waals surface area contributed by atoms with Gasteiger partial charge in [-0.05, 0) is 73.1 Å². The number of urea groups is 1. The van der Waals surface area contributed by atoms with Crippen LogP contribution in [0.3, 0.4) is 0 Å². The lowest BCUT2D eigenvalue weighted by Gasteiger charge is -2.14. The standard InChI is InChI=1S/C28H21F4N5O2/c1-15-4-6-19(35-27(39)37-25-11-16(28(30,31)32)5-9-22(25)29)13-23(15)34-18-7-8-20-21(12-17-3-2-10-33-17)26(38)36-24(20)14-18/h2-14,33-34H,1H3,(H,36,38)(H2,35,37,39)/b21-12+/i2D,3D,10D. The summed E-state index contributed by atoms with van der Waals surface area (Å²) in [6.45, 7) is 1.80. The average Bonchev–Trinajstić information content (AvgIpc) is 3.35. The molecule has 0 radical (unpaired) electrons. The van der Waals surface area contributed by atoms with Gasteiger partial charge in [0.1, 0.15) is 5.82 Å². The summed E-state index contributed by atoms with van der Waals surface area (Å²) in [7, 11) is 0. The maximum absolute atomic E-state index is 14.0. The zero-order valence-corrected chi connectivity index (χ0v) is 20.1. The number of hydrogen-bond donors (Lipinski definition) is 5. The zero-order chi connectivity index (χ0) is 30.3. The number of hydrogen-bond acceptors (Lipinski definition) is 3. The van der Waals surface area contributed by atoms with Crippen molar-refractivity contribution in [2.75, 3.05) is 21.3 Å². The van der Waals surface area contributed by atoms with Crippen LogP contribution in [-0.2, 0) is 11.0 Å². The molecule has 7 nitrogen and oxygen atoms in total. The Morgan fingerprint density at radius 3 is 2.54 bits per heavy atom. The van der Waals surface area contributed by atoms with Crippen LogP contribution < -0.4 is 21.3 Å². The van der Waals surface area contributed by atoms with Crippen LogP contribution in [-0.4, -0.2) is 16.9 Å². The number of H-pyrrole nitrogens is 1. The predicted octanol–water partition coefficient (Wildman–Crippen LogP) is 7.36. The molecule has 1 aliphatic rings. The number of carbonyl (C=O) groups excluding carboxylic acids is 2. The van der Waals surface area contributed by atoms with E-state index in [1.807, 2.05) is 0 Å². The molecule has 0 aliphatic carbocycles. The van der Waals surface area contributed by atoms with Crippen molar-refractivity contribution < 1.29 is 31.3 Å². The first kappa shape index (κ1) is 22.0. The van der Waals surface area contributed by atoms with Crippen molar-refractivity contribution >= 4 is 52.0 Å². The number of aromatic amines is 1. The van der Waals surface area contributed by atoms with Gasteiger partial charge in [0.25, 0.3) is 5.91 Å². The molecule has 11 heteroatoms. The minimum Gasteiger partial charge on any atom is -0.362 e. The van der Waals surface area contributed by atoms with Crippen molar-refractivity contribution in [3.05, 3.63) is 101 Å². The Bertz CT molecular complexity index is 1790. The first-order valence-corrected chi connectivity index (χ1v) is 11.5. The van der Waals surface area contributed by atoms with E-state index < -0.39 is 35.2 Å². The number of halogens is 4. The number of nitrogens with one attached hydrogen (secondary N) is 5. The number of alkyl halides is 3. The second-order valence-corrected chi connectivity index (χ2v) is 8.61. The quantitative estimate of drug-likeness (QED) is 0.136. The van der Waals surface area contributed by atoms with E-state index in [-0.39, 0.29) is 35.2 Å². The number of anilines is 5. The highest BCUT2D eigenvalue weighted by molar-refractivity contribution is 6.35. The Hall–Kier alpha value is -5.06. The third-order valence-electron chi connectivity index (χ3n) is 5.86. The topological polar surface area (TPSA) is 98.1 Å². The van der Waals surface area contributed by atoms with Gasteiger partial charge in [0.05, 0.1) is 26.6 Å². The molecule has 5 N–H and O–H groups in total. The van der Waals surface area contributed by atoms with E-state index in [1.165, 1.54) is 6.08 Å². The SMILES string of the molecule is [2H]c1[nH]c(/C=C2/C(=O)Nc3cc(Nc4cc(NC(=O)Nc5cc(C(F)(F)F)ccc5F)ccc4C)ccc32)c([2H])c1[2H]. The molecule has 1 aliphatic heterocycles. The summed E-state index contributed by atoms with van der Waals surface area (Å²) in [6.07, 6.45) is -3.51. The lowest BCUT2D eigenvalue weighted by Crippen LogP contribution is -2.20. The summed E-state index contributed by atoms with van der Waals surface area (Å²) >= 11 is 0. The molecule has 5 rings (SSSR count). The van der Waals surface area contributed by atoms with Gasteiger partial charge in [-0.15, -0.1) is 0 Å². The largest absolute Gasteiger partial charge is 0.416 e. The molecule has 198 valence electrons. The highest BCUT2D eigenvalue weighted by Gasteiger charge is 2.31. The van der Waals surface area contributed by atoms with Crippen molar-refractivity contribution in [2.45, 2.75) is 13.1 Å². The van der Waals surface area contributed by atoms with E-state index >= 15 is 0 Å². The number of aryl methyl sites for hydroxylation is 1. The fraction of sp³-hybridized carbons (Fsp3) is 0.0714. The highest BCUT2D eigenvalue weighted by atomic mass is 19.4. The summed E-state index contributed by atoms with van der Waals surface area (Å²) < 4.78 is 76.3. The molecule has 0 saturated heterocycles. The number of carbonyl (C=O) groups is 2. The van der Waals surface area contributed by atoms with Gasteiger partial charge >= 0.3 is 12.2 Å². The normalized spacial score (nSPS) is 14.7. The Kier molecular flexibility index (Phi) is 5.64. The fourth-order valence-corrected chi connectivity index (χ4v) is 3.93. The lowest BCUT2D eigenvalue weighted by molar-refractivity contribution is -0.137. The molecule has 0 bridgehead atoms. The van der Waals surface area contributed by atoms with E-state index in [0.717, 1.165) is 5.56 Å². The second-order valence-electron chi connectivity index (χ2n) is 8.61. The van der Waals surface area contributed by atoms with E-state index in [0.29, 0.717) is 40.8 Å². The highest BCUT2D eigenvalue weighted by Crippen LogP contribution is 2.36. The van der Waals surface area contributed by atoms with E-state index in [4.69, 9.17) is 4.11 Å². The Morgan fingerprint density at radius 2 is 1.79 bits per heavy atom. The van der Waals surface area contributed by atoms with Crippen molar-refractivity contribution in [1.82, 2.24) is 4.98 Å². The molecule has 4 aromatic rings. The monoisotopic (exact) mass is 538 g/mol. The first-order chi connectivity index (χ1) is 19.8. The average molecular weight is 539 g/mol. The van der Waals surface area contributed by atoms with Gasteiger partial charge in [0, 0.05) is 34.5 Å². The molecule has 1 aromatic heterocycles. The summed E-state index contributed by atoms with van der Waals surface area (Å²) in [5.41, 5.74) is 1.93. The van der Waals surface area contributed by atoms with Crippen LogP contribution in [0.25, 0.3) is 11.6 Å². The summed E-state index contributed by atoms with van der Waals surface area (Å²) in [6, 6.07) is 10.2. The van der Waals surface area contributed by atoms with Crippen molar-refractivity contribution in [3.63, 3.8) is 0 Å². The van der Waals surface area contributed by atoms with Crippen molar-refractivity contribution in [1.29, 1.82) is 0 Å². The zero-order valence-electron chi connectivity index (χ0n) is 23.1. The summed E-state index contributed by atoms with van der Waals surface area (Å²) in [4.78, 5) is 27.7. The molecule has 0 fully saturated rings. The molecule has 0 atom stereocenters. The lowest BCUT2D eigenvalue weighted by atomic mass is 10.1. The molecular formula is C28H21F4N5O2. The van der Waals surface area contributed by atoms with Gasteiger partial charge in [0.2, 0.25) is 0 Å². The van der Waals surface area contributed by atoms with Gasteiger partial charge in [-0.1, -0.05) is 12.1 Å². The number of fused-ring (bicyclic) bond motifs is 1. The maximum atomic E-state index is 14.0. The van der Waals surface area contributed by atoms with Gasteiger partial charge in [-0.25, -0.2) is 9.18 Å². The fourth-order valence-electron chi connectivity index (χ4n) is 3.93. The summed E-state index contributed by atoms with van der Waals surface area (Å²) in [5, 5.41) is 10.5. The van der Waals surface area contributed by atoms with Gasteiger partial charge in [0.15, 0.2) is 0 Å². The number of amides is 3. The third-order valence-corrected chi connectivity index (χ3v) is 5.86. The van der Waals surface area contributed by atoms with Gasteiger partial charge in [-0.3, -0.25) is 4.79 Å². The van der Waals surface area contributed by atoms with Crippen LogP contribution in [0.15, 0.2) is 72.9 Å². The predicted molar refractivity (Wildman–Crippen MR) is 142 cm³/mol. The van der Waals surface area contributed by atoms with Crippen LogP contribution in [0, 0.1) is 12.7 Å². The van der Waals surface area contributed by atoms with Crippen LogP contribution in [0.5, 0.6) is 0 Å². The first-order valence-electron chi connectivity index (χ1n) is 13.0. The van der Waals surface area contributed by atoms with Crippen LogP contribution >= 0.6 is 0 Å². The van der Waals surface area contributed by atoms with E-state index in [9.17, 15) is 27.2 Å². The van der Waals surface area contributed by atoms with E-state index in [2.05, 4.69) is 26.3 Å². The molecule has 2 heterocycles. The molecule has 39 heavy (non-hydrogen) atoms. The Balaban J connectivity index is 1.32.